The average molecular weight is 405 g/mol. The van der Waals surface area contributed by atoms with Gasteiger partial charge < -0.3 is 14.7 Å². The highest BCUT2D eigenvalue weighted by Crippen LogP contribution is 2.21. The molecule has 2 aliphatic heterocycles. The second kappa shape index (κ2) is 10.8. The van der Waals surface area contributed by atoms with Crippen molar-refractivity contribution < 1.29 is 14.1 Å². The summed E-state index contributed by atoms with van der Waals surface area (Å²) in [5, 5.41) is 7.04. The molecule has 3 rings (SSSR count). The number of carbonyl (C=O) groups is 2. The van der Waals surface area contributed by atoms with Gasteiger partial charge in [-0.05, 0) is 65.5 Å². The molecule has 1 unspecified atom stereocenters. The Bertz CT molecular complexity index is 668. The fraction of sp³-hybridized carbons (Fsp3) is 0.773. The van der Waals surface area contributed by atoms with Gasteiger partial charge in [-0.1, -0.05) is 11.6 Å². The molecule has 1 N–H and O–H groups in total. The van der Waals surface area contributed by atoms with E-state index >= 15 is 0 Å². The van der Waals surface area contributed by atoms with Crippen molar-refractivity contribution in [3.05, 3.63) is 17.0 Å². The van der Waals surface area contributed by atoms with Gasteiger partial charge in [-0.15, -0.1) is 0 Å². The highest BCUT2D eigenvalue weighted by molar-refractivity contribution is 5.77. The number of nitrogens with zero attached hydrogens (tertiary/aromatic N) is 3. The van der Waals surface area contributed by atoms with E-state index in [1.165, 1.54) is 12.8 Å². The molecule has 0 radical (unpaired) electrons. The molecule has 0 aliphatic carbocycles. The molecule has 2 aliphatic rings. The summed E-state index contributed by atoms with van der Waals surface area (Å²) in [6.45, 7) is 8.08. The van der Waals surface area contributed by atoms with Crippen LogP contribution in [0.5, 0.6) is 0 Å². The number of piperidine rings is 1. The van der Waals surface area contributed by atoms with Crippen molar-refractivity contribution in [1.82, 2.24) is 20.3 Å². The number of rotatable bonds is 3. The van der Waals surface area contributed by atoms with Crippen molar-refractivity contribution in [2.24, 2.45) is 0 Å². The third-order valence-corrected chi connectivity index (χ3v) is 6.34. The normalized spacial score (nSPS) is 22.8. The Labute approximate surface area is 174 Å². The average Bonchev–Trinajstić information content (AvgIpc) is 3.03. The zero-order valence-corrected chi connectivity index (χ0v) is 18.0. The van der Waals surface area contributed by atoms with E-state index in [0.717, 1.165) is 62.3 Å². The van der Waals surface area contributed by atoms with E-state index in [2.05, 4.69) is 15.4 Å². The van der Waals surface area contributed by atoms with Crippen LogP contribution in [0.25, 0.3) is 0 Å². The lowest BCUT2D eigenvalue weighted by Gasteiger charge is -2.35. The predicted molar refractivity (Wildman–Crippen MR) is 112 cm³/mol. The lowest BCUT2D eigenvalue weighted by Crippen LogP contribution is -2.43. The predicted octanol–water partition coefficient (Wildman–Crippen LogP) is 2.60. The van der Waals surface area contributed by atoms with Crippen LogP contribution in [0.2, 0.25) is 0 Å². The summed E-state index contributed by atoms with van der Waals surface area (Å²) < 4.78 is 5.21. The Kier molecular flexibility index (Phi) is 8.09. The fourth-order valence-corrected chi connectivity index (χ4v) is 4.60. The number of amides is 2. The molecule has 2 saturated heterocycles. The molecule has 7 heteroatoms. The van der Waals surface area contributed by atoms with Crippen molar-refractivity contribution in [2.45, 2.75) is 77.7 Å². The van der Waals surface area contributed by atoms with Gasteiger partial charge in [-0.25, -0.2) is 0 Å². The number of aryl methyl sites for hydroxylation is 2. The maximum atomic E-state index is 12.9. The lowest BCUT2D eigenvalue weighted by atomic mass is 9.98. The standard InChI is InChI=1S/C22H36N4O3/c1-17-20(18(2)29-24-17)9-10-22(28)26-14-6-5-13-25-12-4-3-8-19(25)16-21(27)23-11-7-15-26/h19H,3-16H2,1-2H3,(H,23,27). The van der Waals surface area contributed by atoms with E-state index in [-0.39, 0.29) is 11.8 Å². The highest BCUT2D eigenvalue weighted by atomic mass is 16.5. The summed E-state index contributed by atoms with van der Waals surface area (Å²) in [5.74, 6) is 1.14. The van der Waals surface area contributed by atoms with Gasteiger partial charge in [-0.2, -0.15) is 0 Å². The number of carbonyl (C=O) groups excluding carboxylic acids is 2. The largest absolute Gasteiger partial charge is 0.361 e. The van der Waals surface area contributed by atoms with Crippen LogP contribution in [-0.4, -0.2) is 65.5 Å². The minimum absolute atomic E-state index is 0.150. The Morgan fingerprint density at radius 3 is 2.59 bits per heavy atom. The van der Waals surface area contributed by atoms with Crippen molar-refractivity contribution >= 4 is 11.8 Å². The number of fused-ring (bicyclic) bond motifs is 1. The second-order valence-corrected chi connectivity index (χ2v) is 8.48. The smallest absolute Gasteiger partial charge is 0.222 e. The summed E-state index contributed by atoms with van der Waals surface area (Å²) in [7, 11) is 0. The Hall–Kier alpha value is -1.89. The molecular formula is C22H36N4O3. The van der Waals surface area contributed by atoms with Gasteiger partial charge in [0.15, 0.2) is 0 Å². The first-order chi connectivity index (χ1) is 14.0. The van der Waals surface area contributed by atoms with E-state index in [0.29, 0.717) is 38.4 Å². The molecule has 29 heavy (non-hydrogen) atoms. The first-order valence-corrected chi connectivity index (χ1v) is 11.2. The summed E-state index contributed by atoms with van der Waals surface area (Å²) in [4.78, 5) is 29.7. The summed E-state index contributed by atoms with van der Waals surface area (Å²) >= 11 is 0. The van der Waals surface area contributed by atoms with Crippen LogP contribution in [0.3, 0.4) is 0 Å². The van der Waals surface area contributed by atoms with E-state index < -0.39 is 0 Å². The van der Waals surface area contributed by atoms with Gasteiger partial charge in [0, 0.05) is 44.1 Å². The molecule has 162 valence electrons. The van der Waals surface area contributed by atoms with E-state index in [1.54, 1.807) is 0 Å². The SMILES string of the molecule is Cc1noc(C)c1CCC(=O)N1CCCCN2CCCCC2CC(=O)NCCC1. The third kappa shape index (κ3) is 6.29. The van der Waals surface area contributed by atoms with Gasteiger partial charge in [0.05, 0.1) is 5.69 Å². The van der Waals surface area contributed by atoms with Crippen LogP contribution in [0.15, 0.2) is 4.52 Å². The second-order valence-electron chi connectivity index (χ2n) is 8.48. The molecule has 2 amide bonds. The van der Waals surface area contributed by atoms with Crippen molar-refractivity contribution in [1.29, 1.82) is 0 Å². The quantitative estimate of drug-likeness (QED) is 0.838. The molecule has 1 atom stereocenters. The van der Waals surface area contributed by atoms with Crippen LogP contribution in [0.4, 0.5) is 0 Å². The molecule has 0 bridgehead atoms. The summed E-state index contributed by atoms with van der Waals surface area (Å²) in [6.07, 6.45) is 8.23. The molecule has 0 spiro atoms. The summed E-state index contributed by atoms with van der Waals surface area (Å²) in [6, 6.07) is 0.386. The molecule has 7 nitrogen and oxygen atoms in total. The zero-order chi connectivity index (χ0) is 20.6. The van der Waals surface area contributed by atoms with Crippen LogP contribution in [0.1, 0.15) is 68.4 Å². The van der Waals surface area contributed by atoms with E-state index in [1.807, 2.05) is 18.7 Å². The monoisotopic (exact) mass is 404 g/mol. The van der Waals surface area contributed by atoms with Crippen molar-refractivity contribution in [3.8, 4) is 0 Å². The summed E-state index contributed by atoms with van der Waals surface area (Å²) in [5.41, 5.74) is 1.92. The first kappa shape index (κ1) is 21.8. The Morgan fingerprint density at radius 1 is 1.10 bits per heavy atom. The van der Waals surface area contributed by atoms with Crippen LogP contribution >= 0.6 is 0 Å². The molecule has 0 saturated carbocycles. The molecule has 1 aromatic heterocycles. The molecule has 3 heterocycles. The molecule has 1 aromatic rings. The Morgan fingerprint density at radius 2 is 1.83 bits per heavy atom. The van der Waals surface area contributed by atoms with Crippen molar-refractivity contribution in [3.63, 3.8) is 0 Å². The molecule has 2 fully saturated rings. The fourth-order valence-electron chi connectivity index (χ4n) is 4.60. The zero-order valence-electron chi connectivity index (χ0n) is 18.0. The number of hydrogen-bond donors (Lipinski definition) is 1. The van der Waals surface area contributed by atoms with E-state index in [9.17, 15) is 9.59 Å². The minimum atomic E-state index is 0.150. The number of nitrogens with one attached hydrogen (secondary N) is 1. The first-order valence-electron chi connectivity index (χ1n) is 11.2. The maximum Gasteiger partial charge on any atom is 0.222 e. The van der Waals surface area contributed by atoms with Gasteiger partial charge in [-0.3, -0.25) is 14.5 Å². The van der Waals surface area contributed by atoms with Crippen LogP contribution in [0, 0.1) is 13.8 Å². The minimum Gasteiger partial charge on any atom is -0.361 e. The van der Waals surface area contributed by atoms with Gasteiger partial charge in [0.2, 0.25) is 11.8 Å². The number of hydrogen-bond acceptors (Lipinski definition) is 5. The highest BCUT2D eigenvalue weighted by Gasteiger charge is 2.25. The van der Waals surface area contributed by atoms with Crippen LogP contribution in [-0.2, 0) is 16.0 Å². The van der Waals surface area contributed by atoms with Crippen molar-refractivity contribution in [2.75, 3.05) is 32.7 Å². The Balaban J connectivity index is 1.55. The topological polar surface area (TPSA) is 78.7 Å². The van der Waals surface area contributed by atoms with Crippen LogP contribution < -0.4 is 5.32 Å². The molecular weight excluding hydrogens is 368 g/mol. The number of aromatic nitrogens is 1. The van der Waals surface area contributed by atoms with Gasteiger partial charge in [0.25, 0.3) is 0 Å². The van der Waals surface area contributed by atoms with Gasteiger partial charge >= 0.3 is 0 Å². The molecule has 0 aromatic carbocycles. The van der Waals surface area contributed by atoms with Gasteiger partial charge in [0.1, 0.15) is 5.76 Å². The third-order valence-electron chi connectivity index (χ3n) is 6.34. The van der Waals surface area contributed by atoms with E-state index in [4.69, 9.17) is 4.52 Å². The lowest BCUT2D eigenvalue weighted by molar-refractivity contribution is -0.131. The maximum absolute atomic E-state index is 12.9.